The van der Waals surface area contributed by atoms with Crippen LogP contribution in [0.4, 0.5) is 26.3 Å². The van der Waals surface area contributed by atoms with Crippen LogP contribution in [0.1, 0.15) is 29.7 Å². The molecule has 0 aliphatic carbocycles. The highest BCUT2D eigenvalue weighted by atomic mass is 19.4. The summed E-state index contributed by atoms with van der Waals surface area (Å²) in [4.78, 5) is 11.0. The lowest BCUT2D eigenvalue weighted by molar-refractivity contribution is -0.152. The summed E-state index contributed by atoms with van der Waals surface area (Å²) in [6, 6.07) is 1.66. The Hall–Kier alpha value is -1.99. The van der Waals surface area contributed by atoms with Crippen LogP contribution < -0.4 is 0 Å². The minimum absolute atomic E-state index is 0.503. The van der Waals surface area contributed by atoms with Crippen LogP contribution in [0.2, 0.25) is 0 Å². The first-order valence-corrected chi connectivity index (χ1v) is 5.58. The molecule has 0 radical (unpaired) electrons. The van der Waals surface area contributed by atoms with Crippen molar-refractivity contribution in [2.75, 3.05) is 0 Å². The van der Waals surface area contributed by atoms with Crippen LogP contribution in [0.3, 0.4) is 0 Å². The molecular weight excluding hydrogens is 302 g/mol. The predicted molar refractivity (Wildman–Crippen MR) is 61.2 cm³/mol. The molecule has 2 nitrogen and oxygen atoms in total. The maximum Gasteiger partial charge on any atom is 0.416 e. The Balaban J connectivity index is 3.49. The lowest BCUT2D eigenvalue weighted by atomic mass is 9.96. The van der Waals surface area contributed by atoms with E-state index in [0.29, 0.717) is 24.3 Å². The molecule has 116 valence electrons. The van der Waals surface area contributed by atoms with E-state index in [9.17, 15) is 31.1 Å². The number of hydrogen-bond donors (Lipinski definition) is 0. The van der Waals surface area contributed by atoms with E-state index in [1.165, 1.54) is 0 Å². The van der Waals surface area contributed by atoms with Crippen molar-refractivity contribution in [3.63, 3.8) is 0 Å². The van der Waals surface area contributed by atoms with E-state index < -0.39 is 41.1 Å². The molecule has 1 unspecified atom stereocenters. The highest BCUT2D eigenvalue weighted by molar-refractivity contribution is 5.81. The number of carbonyl (C=O) groups is 1. The molecule has 0 N–H and O–H groups in total. The van der Waals surface area contributed by atoms with Crippen LogP contribution in [-0.2, 0) is 21.9 Å². The molecule has 0 saturated carbocycles. The van der Waals surface area contributed by atoms with Crippen molar-refractivity contribution >= 4 is 5.97 Å². The first kappa shape index (κ1) is 17.1. The molecule has 0 bridgehead atoms. The van der Waals surface area contributed by atoms with Crippen LogP contribution in [0.5, 0.6) is 0 Å². The van der Waals surface area contributed by atoms with Crippen LogP contribution in [-0.4, -0.2) is 5.97 Å². The molecule has 0 saturated heterocycles. The summed E-state index contributed by atoms with van der Waals surface area (Å²) in [5, 5.41) is 0. The lowest BCUT2D eigenvalue weighted by Crippen LogP contribution is -2.20. The molecular formula is C13H10F6O2. The average molecular weight is 312 g/mol. The Morgan fingerprint density at radius 2 is 1.57 bits per heavy atom. The van der Waals surface area contributed by atoms with E-state index in [1.54, 1.807) is 0 Å². The second kappa shape index (κ2) is 5.79. The predicted octanol–water partition coefficient (Wildman–Crippen LogP) is 4.51. The van der Waals surface area contributed by atoms with Gasteiger partial charge in [-0.1, -0.05) is 12.6 Å². The topological polar surface area (TPSA) is 26.3 Å². The largest absolute Gasteiger partial charge is 0.455 e. The minimum Gasteiger partial charge on any atom is -0.455 e. The fourth-order valence-electron chi connectivity index (χ4n) is 1.78. The van der Waals surface area contributed by atoms with Gasteiger partial charge in [0.05, 0.1) is 11.1 Å². The van der Waals surface area contributed by atoms with E-state index in [2.05, 4.69) is 11.3 Å². The number of carbonyl (C=O) groups excluding carboxylic acids is 1. The Labute approximate surface area is 116 Å². The Morgan fingerprint density at radius 3 is 1.90 bits per heavy atom. The first-order valence-electron chi connectivity index (χ1n) is 5.58. The lowest BCUT2D eigenvalue weighted by Gasteiger charge is -2.22. The van der Waals surface area contributed by atoms with Gasteiger partial charge in [-0.05, 0) is 19.1 Å². The van der Waals surface area contributed by atoms with Gasteiger partial charge in [-0.2, -0.15) is 26.3 Å². The highest BCUT2D eigenvalue weighted by Gasteiger charge is 2.42. The summed E-state index contributed by atoms with van der Waals surface area (Å²) in [7, 11) is 0. The fourth-order valence-corrected chi connectivity index (χ4v) is 1.78. The first-order chi connectivity index (χ1) is 9.48. The Bertz CT molecular complexity index is 512. The number of alkyl halides is 6. The quantitative estimate of drug-likeness (QED) is 0.466. The summed E-state index contributed by atoms with van der Waals surface area (Å²) in [6.45, 7) is 3.96. The van der Waals surface area contributed by atoms with Crippen molar-refractivity contribution in [1.29, 1.82) is 0 Å². The molecule has 1 rings (SSSR count). The van der Waals surface area contributed by atoms with Crippen LogP contribution >= 0.6 is 0 Å². The molecule has 1 aromatic rings. The van der Waals surface area contributed by atoms with Gasteiger partial charge in [-0.3, -0.25) is 0 Å². The minimum atomic E-state index is -5.01. The molecule has 0 amide bonds. The van der Waals surface area contributed by atoms with Crippen LogP contribution in [0.25, 0.3) is 0 Å². The normalized spacial score (nSPS) is 13.7. The molecule has 1 atom stereocenters. The molecule has 21 heavy (non-hydrogen) atoms. The number of ether oxygens (including phenoxy) is 1. The van der Waals surface area contributed by atoms with Gasteiger partial charge in [0.2, 0.25) is 0 Å². The van der Waals surface area contributed by atoms with Gasteiger partial charge < -0.3 is 4.74 Å². The summed E-state index contributed by atoms with van der Waals surface area (Å²) in [5.41, 5.74) is -4.13. The summed E-state index contributed by atoms with van der Waals surface area (Å²) in [6.07, 6.45) is -11.1. The molecule has 0 spiro atoms. The standard InChI is InChI=1S/C13H10F6O2/c1-3-10(20)21-7(2)11-8(12(14,15)16)5-4-6-9(11)13(17,18)19/h3-7H,1H2,2H3. The monoisotopic (exact) mass is 312 g/mol. The van der Waals surface area contributed by atoms with E-state index >= 15 is 0 Å². The van der Waals surface area contributed by atoms with E-state index in [1.807, 2.05) is 0 Å². The van der Waals surface area contributed by atoms with Crippen molar-refractivity contribution in [2.45, 2.75) is 25.4 Å². The summed E-state index contributed by atoms with van der Waals surface area (Å²) in [5.74, 6) is -1.12. The molecule has 0 heterocycles. The molecule has 0 aliphatic heterocycles. The molecule has 0 aromatic heterocycles. The van der Waals surface area contributed by atoms with E-state index in [4.69, 9.17) is 0 Å². The zero-order valence-electron chi connectivity index (χ0n) is 10.7. The van der Waals surface area contributed by atoms with Gasteiger partial charge in [0.1, 0.15) is 6.10 Å². The van der Waals surface area contributed by atoms with Crippen LogP contribution in [0.15, 0.2) is 30.9 Å². The summed E-state index contributed by atoms with van der Waals surface area (Å²) < 4.78 is 81.7. The molecule has 8 heteroatoms. The number of esters is 1. The highest BCUT2D eigenvalue weighted by Crippen LogP contribution is 2.42. The van der Waals surface area contributed by atoms with Crippen molar-refractivity contribution in [2.24, 2.45) is 0 Å². The van der Waals surface area contributed by atoms with E-state index in [-0.39, 0.29) is 0 Å². The van der Waals surface area contributed by atoms with Crippen molar-refractivity contribution in [1.82, 2.24) is 0 Å². The SMILES string of the molecule is C=CC(=O)OC(C)c1c(C(F)(F)F)cccc1C(F)(F)F. The average Bonchev–Trinajstić information content (AvgIpc) is 2.35. The van der Waals surface area contributed by atoms with Crippen molar-refractivity contribution in [3.05, 3.63) is 47.5 Å². The maximum absolute atomic E-state index is 12.9. The number of halogens is 6. The second-order valence-corrected chi connectivity index (χ2v) is 4.05. The van der Waals surface area contributed by atoms with Gasteiger partial charge >= 0.3 is 18.3 Å². The third-order valence-corrected chi connectivity index (χ3v) is 2.58. The van der Waals surface area contributed by atoms with Crippen LogP contribution in [0, 0.1) is 0 Å². The molecule has 1 aromatic carbocycles. The smallest absolute Gasteiger partial charge is 0.416 e. The van der Waals surface area contributed by atoms with E-state index in [0.717, 1.165) is 6.92 Å². The van der Waals surface area contributed by atoms with Crippen molar-refractivity contribution in [3.8, 4) is 0 Å². The third-order valence-electron chi connectivity index (χ3n) is 2.58. The number of rotatable bonds is 3. The maximum atomic E-state index is 12.9. The van der Waals surface area contributed by atoms with Gasteiger partial charge in [-0.25, -0.2) is 4.79 Å². The zero-order chi connectivity index (χ0) is 16.4. The Kier molecular flexibility index (Phi) is 4.70. The Morgan fingerprint density at radius 1 is 1.14 bits per heavy atom. The van der Waals surface area contributed by atoms with Gasteiger partial charge in [-0.15, -0.1) is 0 Å². The van der Waals surface area contributed by atoms with Gasteiger partial charge in [0.25, 0.3) is 0 Å². The van der Waals surface area contributed by atoms with Gasteiger partial charge in [0.15, 0.2) is 0 Å². The molecule has 0 fully saturated rings. The zero-order valence-corrected chi connectivity index (χ0v) is 10.7. The summed E-state index contributed by atoms with van der Waals surface area (Å²) >= 11 is 0. The van der Waals surface area contributed by atoms with Crippen molar-refractivity contribution < 1.29 is 35.9 Å². The number of hydrogen-bond acceptors (Lipinski definition) is 2. The second-order valence-electron chi connectivity index (χ2n) is 4.05. The van der Waals surface area contributed by atoms with Gasteiger partial charge in [0, 0.05) is 11.6 Å². The third kappa shape index (κ3) is 3.99. The fraction of sp³-hybridized carbons (Fsp3) is 0.308. The molecule has 0 aliphatic rings. The number of benzene rings is 1.